The lowest BCUT2D eigenvalue weighted by atomic mass is 10.1. The van der Waals surface area contributed by atoms with Crippen molar-refractivity contribution in [2.24, 2.45) is 4.99 Å². The zero-order valence-corrected chi connectivity index (χ0v) is 19.7. The summed E-state index contributed by atoms with van der Waals surface area (Å²) < 4.78 is 11.8. The summed E-state index contributed by atoms with van der Waals surface area (Å²) in [4.78, 5) is 6.03. The van der Waals surface area contributed by atoms with Gasteiger partial charge in [-0.15, -0.1) is 35.3 Å². The van der Waals surface area contributed by atoms with Crippen molar-refractivity contribution in [2.75, 3.05) is 19.8 Å². The van der Waals surface area contributed by atoms with Crippen LogP contribution in [0.5, 0.6) is 5.75 Å². The number of nitrogens with one attached hydrogen (secondary N) is 2. The average Bonchev–Trinajstić information content (AvgIpc) is 3.37. The van der Waals surface area contributed by atoms with Gasteiger partial charge in [0, 0.05) is 23.6 Å². The molecule has 3 rings (SSSR count). The summed E-state index contributed by atoms with van der Waals surface area (Å²) in [5.41, 5.74) is 2.28. The molecule has 7 heteroatoms. The number of hydrogen-bond acceptors (Lipinski definition) is 4. The highest BCUT2D eigenvalue weighted by molar-refractivity contribution is 14.0. The summed E-state index contributed by atoms with van der Waals surface area (Å²) in [5, 5.41) is 8.78. The molecule has 0 aliphatic carbocycles. The van der Waals surface area contributed by atoms with Crippen LogP contribution in [0.1, 0.15) is 35.8 Å². The van der Waals surface area contributed by atoms with Crippen molar-refractivity contribution in [1.29, 1.82) is 0 Å². The molecular formula is C21H30IN3O2S. The SMILES string of the molecule is CCNC(=NCc1ccc(C)cc1OCC1CCCO1)NCc1cccs1.I. The van der Waals surface area contributed by atoms with Crippen LogP contribution in [0.3, 0.4) is 0 Å². The molecule has 0 bridgehead atoms. The van der Waals surface area contributed by atoms with E-state index >= 15 is 0 Å². The summed E-state index contributed by atoms with van der Waals surface area (Å²) in [5.74, 6) is 1.72. The number of halogens is 1. The number of thiophene rings is 1. The van der Waals surface area contributed by atoms with Crippen LogP contribution in [-0.2, 0) is 17.8 Å². The van der Waals surface area contributed by atoms with Crippen molar-refractivity contribution in [3.8, 4) is 5.75 Å². The van der Waals surface area contributed by atoms with Crippen molar-refractivity contribution >= 4 is 41.3 Å². The summed E-state index contributed by atoms with van der Waals surface area (Å²) in [7, 11) is 0. The normalized spacial score (nSPS) is 16.5. The van der Waals surface area contributed by atoms with Gasteiger partial charge in [0.2, 0.25) is 0 Å². The number of aryl methyl sites for hydroxylation is 1. The van der Waals surface area contributed by atoms with Gasteiger partial charge in [-0.3, -0.25) is 0 Å². The maximum atomic E-state index is 6.08. The lowest BCUT2D eigenvalue weighted by Crippen LogP contribution is -2.36. The van der Waals surface area contributed by atoms with Crippen molar-refractivity contribution < 1.29 is 9.47 Å². The monoisotopic (exact) mass is 515 g/mol. The second-order valence-corrected chi connectivity index (χ2v) is 7.72. The first-order valence-electron chi connectivity index (χ1n) is 9.63. The van der Waals surface area contributed by atoms with Gasteiger partial charge in [-0.2, -0.15) is 0 Å². The minimum Gasteiger partial charge on any atom is -0.491 e. The zero-order valence-electron chi connectivity index (χ0n) is 16.6. The maximum Gasteiger partial charge on any atom is 0.191 e. The van der Waals surface area contributed by atoms with E-state index in [9.17, 15) is 0 Å². The molecule has 1 saturated heterocycles. The molecule has 0 saturated carbocycles. The fourth-order valence-electron chi connectivity index (χ4n) is 2.98. The third-order valence-electron chi connectivity index (χ3n) is 4.43. The number of aliphatic imine (C=N–C) groups is 1. The van der Waals surface area contributed by atoms with Crippen LogP contribution >= 0.6 is 35.3 Å². The predicted molar refractivity (Wildman–Crippen MR) is 127 cm³/mol. The second-order valence-electron chi connectivity index (χ2n) is 6.69. The van der Waals surface area contributed by atoms with E-state index in [-0.39, 0.29) is 30.1 Å². The van der Waals surface area contributed by atoms with Gasteiger partial charge in [0.1, 0.15) is 12.4 Å². The second kappa shape index (κ2) is 12.3. The topological polar surface area (TPSA) is 54.9 Å². The lowest BCUT2D eigenvalue weighted by Gasteiger charge is -2.15. The molecule has 1 aliphatic heterocycles. The molecule has 2 heterocycles. The summed E-state index contributed by atoms with van der Waals surface area (Å²) in [6.07, 6.45) is 2.42. The molecule has 1 aromatic carbocycles. The Bertz CT molecular complexity index is 731. The van der Waals surface area contributed by atoms with Gasteiger partial charge in [0.15, 0.2) is 5.96 Å². The van der Waals surface area contributed by atoms with E-state index in [0.29, 0.717) is 13.2 Å². The van der Waals surface area contributed by atoms with E-state index in [1.807, 2.05) is 0 Å². The van der Waals surface area contributed by atoms with Crippen LogP contribution in [0.25, 0.3) is 0 Å². The molecule has 0 amide bonds. The molecule has 2 N–H and O–H groups in total. The van der Waals surface area contributed by atoms with Gasteiger partial charge in [0.05, 0.1) is 19.2 Å². The Labute approximate surface area is 189 Å². The highest BCUT2D eigenvalue weighted by atomic mass is 127. The van der Waals surface area contributed by atoms with Crippen molar-refractivity contribution in [3.63, 3.8) is 0 Å². The highest BCUT2D eigenvalue weighted by Crippen LogP contribution is 2.23. The molecule has 1 aliphatic rings. The molecule has 1 aromatic heterocycles. The Kier molecular flexibility index (Phi) is 10.1. The van der Waals surface area contributed by atoms with Crippen LogP contribution in [0.15, 0.2) is 40.7 Å². The Morgan fingerprint density at radius 3 is 2.93 bits per heavy atom. The van der Waals surface area contributed by atoms with Crippen LogP contribution in [0.4, 0.5) is 0 Å². The Hall–Kier alpha value is -1.32. The molecule has 2 aromatic rings. The molecule has 154 valence electrons. The summed E-state index contributed by atoms with van der Waals surface area (Å²) in [6, 6.07) is 10.5. The van der Waals surface area contributed by atoms with Crippen LogP contribution in [-0.4, -0.2) is 31.8 Å². The molecular weight excluding hydrogens is 485 g/mol. The van der Waals surface area contributed by atoms with Crippen LogP contribution in [0, 0.1) is 6.92 Å². The highest BCUT2D eigenvalue weighted by Gasteiger charge is 2.17. The Morgan fingerprint density at radius 1 is 1.32 bits per heavy atom. The molecule has 0 spiro atoms. The summed E-state index contributed by atoms with van der Waals surface area (Å²) >= 11 is 1.74. The predicted octanol–water partition coefficient (Wildman–Crippen LogP) is 4.49. The third kappa shape index (κ3) is 7.25. The zero-order chi connectivity index (χ0) is 18.9. The maximum absolute atomic E-state index is 6.08. The number of ether oxygens (including phenoxy) is 2. The number of benzene rings is 1. The number of rotatable bonds is 8. The van der Waals surface area contributed by atoms with E-state index in [2.05, 4.69) is 60.2 Å². The van der Waals surface area contributed by atoms with Crippen molar-refractivity contribution in [3.05, 3.63) is 51.7 Å². The number of hydrogen-bond donors (Lipinski definition) is 2. The van der Waals surface area contributed by atoms with E-state index in [0.717, 1.165) is 49.8 Å². The fraction of sp³-hybridized carbons (Fsp3) is 0.476. The van der Waals surface area contributed by atoms with E-state index in [1.165, 1.54) is 10.4 Å². The number of guanidine groups is 1. The fourth-order valence-corrected chi connectivity index (χ4v) is 3.62. The Morgan fingerprint density at radius 2 is 2.21 bits per heavy atom. The van der Waals surface area contributed by atoms with E-state index in [4.69, 9.17) is 14.5 Å². The largest absolute Gasteiger partial charge is 0.491 e. The minimum atomic E-state index is 0. The van der Waals surface area contributed by atoms with Gasteiger partial charge in [-0.1, -0.05) is 18.2 Å². The van der Waals surface area contributed by atoms with Crippen LogP contribution < -0.4 is 15.4 Å². The van der Waals surface area contributed by atoms with Gasteiger partial charge in [-0.05, 0) is 49.8 Å². The smallest absolute Gasteiger partial charge is 0.191 e. The molecule has 1 fully saturated rings. The first-order valence-corrected chi connectivity index (χ1v) is 10.5. The van der Waals surface area contributed by atoms with E-state index in [1.54, 1.807) is 11.3 Å². The molecule has 28 heavy (non-hydrogen) atoms. The summed E-state index contributed by atoms with van der Waals surface area (Å²) in [6.45, 7) is 7.79. The van der Waals surface area contributed by atoms with Gasteiger partial charge in [-0.25, -0.2) is 4.99 Å². The Balaban J connectivity index is 0.00000280. The molecule has 0 radical (unpaired) electrons. The van der Waals surface area contributed by atoms with Crippen molar-refractivity contribution in [1.82, 2.24) is 10.6 Å². The quantitative estimate of drug-likeness (QED) is 0.309. The van der Waals surface area contributed by atoms with E-state index < -0.39 is 0 Å². The molecule has 1 atom stereocenters. The van der Waals surface area contributed by atoms with Gasteiger partial charge >= 0.3 is 0 Å². The average molecular weight is 515 g/mol. The number of nitrogens with zero attached hydrogens (tertiary/aromatic N) is 1. The minimum absolute atomic E-state index is 0. The molecule has 5 nitrogen and oxygen atoms in total. The lowest BCUT2D eigenvalue weighted by molar-refractivity contribution is 0.0676. The molecule has 1 unspecified atom stereocenters. The first-order chi connectivity index (χ1) is 13.2. The van der Waals surface area contributed by atoms with Crippen molar-refractivity contribution in [2.45, 2.75) is 45.9 Å². The van der Waals surface area contributed by atoms with Gasteiger partial charge in [0.25, 0.3) is 0 Å². The van der Waals surface area contributed by atoms with Gasteiger partial charge < -0.3 is 20.1 Å². The van der Waals surface area contributed by atoms with Crippen LogP contribution in [0.2, 0.25) is 0 Å². The standard InChI is InChI=1S/C21H29N3O2S.HI/c1-3-22-21(24-14-19-7-5-11-27-19)23-13-17-9-8-16(2)12-20(17)26-15-18-6-4-10-25-18;/h5,7-9,11-12,18H,3-4,6,10,13-15H2,1-2H3,(H2,22,23,24);1H. The first kappa shape index (κ1) is 23.0. The third-order valence-corrected chi connectivity index (χ3v) is 5.31.